The molecule has 0 bridgehead atoms. The first-order valence-corrected chi connectivity index (χ1v) is 41.4. The van der Waals surface area contributed by atoms with Gasteiger partial charge < -0.3 is 8.83 Å². The molecule has 8 nitrogen and oxygen atoms in total. The summed E-state index contributed by atoms with van der Waals surface area (Å²) in [6.45, 7) is 0. The monoisotopic (exact) mass is 1550 g/mol. The van der Waals surface area contributed by atoms with E-state index in [4.69, 9.17) is 38.7 Å². The first-order chi connectivity index (χ1) is 60.4. The highest BCUT2D eigenvalue weighted by Crippen LogP contribution is 2.59. The van der Waals surface area contributed by atoms with Crippen molar-refractivity contribution in [3.63, 3.8) is 0 Å². The molecular weight excluding hydrogens is 1490 g/mol. The Kier molecular flexibility index (Phi) is 16.3. The van der Waals surface area contributed by atoms with Gasteiger partial charge in [0.1, 0.15) is 22.3 Å². The number of aromatic nitrogens is 6. The minimum absolute atomic E-state index is 0.540. The molecule has 4 heterocycles. The Morgan fingerprint density at radius 1 is 0.156 bits per heavy atom. The Morgan fingerprint density at radius 3 is 1.02 bits per heavy atom. The molecule has 0 aliphatic heterocycles. The Morgan fingerprint density at radius 2 is 0.475 bits per heavy atom. The molecule has 8 heteroatoms. The van der Waals surface area contributed by atoms with Gasteiger partial charge in [-0.2, -0.15) is 0 Å². The lowest BCUT2D eigenvalue weighted by molar-refractivity contribution is 0.665. The van der Waals surface area contributed by atoms with Crippen LogP contribution in [0.2, 0.25) is 0 Å². The zero-order chi connectivity index (χ0) is 80.4. The summed E-state index contributed by atoms with van der Waals surface area (Å²) in [5, 5.41) is 6.45. The summed E-state index contributed by atoms with van der Waals surface area (Å²) in [5.41, 5.74) is 30.2. The molecule has 18 aromatic carbocycles. The first kappa shape index (κ1) is 70.1. The van der Waals surface area contributed by atoms with Gasteiger partial charge in [0.2, 0.25) is 0 Å². The number of hydrogen-bond acceptors (Lipinski definition) is 8. The highest BCUT2D eigenvalue weighted by molar-refractivity contribution is 6.08. The van der Waals surface area contributed by atoms with Gasteiger partial charge in [0.15, 0.2) is 34.9 Å². The zero-order valence-corrected chi connectivity index (χ0v) is 65.9. The molecule has 0 amide bonds. The van der Waals surface area contributed by atoms with Gasteiger partial charge in [0, 0.05) is 54.9 Å². The third-order valence-electron chi connectivity index (χ3n) is 25.2. The molecular formula is C114H70N6O2. The molecule has 1 atom stereocenters. The number of furan rings is 2. The predicted molar refractivity (Wildman–Crippen MR) is 494 cm³/mol. The summed E-state index contributed by atoms with van der Waals surface area (Å²) in [5.74, 6) is 3.51. The lowest BCUT2D eigenvalue weighted by atomic mass is 9.67. The van der Waals surface area contributed by atoms with E-state index in [2.05, 4.69) is 382 Å². The molecule has 122 heavy (non-hydrogen) atoms. The summed E-state index contributed by atoms with van der Waals surface area (Å²) < 4.78 is 14.1. The normalized spacial score (nSPS) is 13.7. The van der Waals surface area contributed by atoms with Crippen LogP contribution in [0.15, 0.2) is 433 Å². The van der Waals surface area contributed by atoms with E-state index in [1.165, 1.54) is 55.6 Å². The van der Waals surface area contributed by atoms with Crippen LogP contribution < -0.4 is 0 Å². The molecule has 4 aromatic heterocycles. The Hall–Kier alpha value is -16.2. The molecule has 0 radical (unpaired) electrons. The van der Waals surface area contributed by atoms with Crippen molar-refractivity contribution in [2.24, 2.45) is 0 Å². The van der Waals surface area contributed by atoms with E-state index in [9.17, 15) is 0 Å². The Balaban J connectivity index is 0.563. The van der Waals surface area contributed by atoms with Crippen LogP contribution in [0.5, 0.6) is 0 Å². The van der Waals surface area contributed by atoms with Crippen LogP contribution in [0.4, 0.5) is 0 Å². The maximum Gasteiger partial charge on any atom is 0.164 e. The number of benzene rings is 18. The Labute approximate surface area is 703 Å². The fourth-order valence-corrected chi connectivity index (χ4v) is 19.5. The molecule has 2 aliphatic rings. The van der Waals surface area contributed by atoms with Crippen LogP contribution in [0.25, 0.3) is 190 Å². The summed E-state index contributed by atoms with van der Waals surface area (Å²) in [7, 11) is 0. The molecule has 0 spiro atoms. The second-order valence-electron chi connectivity index (χ2n) is 31.9. The summed E-state index contributed by atoms with van der Waals surface area (Å²) in [6, 6.07) is 152. The largest absolute Gasteiger partial charge is 0.456 e. The molecule has 22 aromatic rings. The number of rotatable bonds is 14. The number of nitrogens with zero attached hydrogens (tertiary/aromatic N) is 6. The fraction of sp³-hybridized carbons (Fsp3) is 0.0175. The van der Waals surface area contributed by atoms with Crippen molar-refractivity contribution in [1.29, 1.82) is 0 Å². The van der Waals surface area contributed by atoms with Crippen molar-refractivity contribution in [3.8, 4) is 135 Å². The molecule has 0 N–H and O–H groups in total. The quantitative estimate of drug-likeness (QED) is 0.106. The van der Waals surface area contributed by atoms with Crippen molar-refractivity contribution in [1.82, 2.24) is 29.9 Å². The number of hydrogen-bond donors (Lipinski definition) is 0. The summed E-state index contributed by atoms with van der Waals surface area (Å²) >= 11 is 0. The maximum atomic E-state index is 7.13. The number of fused-ring (bicyclic) bond motifs is 13. The fourth-order valence-electron chi connectivity index (χ4n) is 19.5. The second kappa shape index (κ2) is 28.3. The van der Waals surface area contributed by atoms with E-state index in [1.54, 1.807) is 0 Å². The Bertz CT molecular complexity index is 7910. The minimum atomic E-state index is -0.699. The molecule has 0 fully saturated rings. The second-order valence-corrected chi connectivity index (χ2v) is 31.9. The van der Waals surface area contributed by atoms with Crippen molar-refractivity contribution >= 4 is 54.6 Å². The van der Waals surface area contributed by atoms with Crippen molar-refractivity contribution < 1.29 is 8.83 Å². The lowest BCUT2D eigenvalue weighted by Crippen LogP contribution is -2.28. The van der Waals surface area contributed by atoms with Crippen LogP contribution in [-0.4, -0.2) is 29.9 Å². The van der Waals surface area contributed by atoms with Crippen LogP contribution in [0.1, 0.15) is 44.5 Å². The average Bonchev–Trinajstić information content (AvgIpc) is 1.54. The zero-order valence-electron chi connectivity index (χ0n) is 65.9. The van der Waals surface area contributed by atoms with Crippen LogP contribution in [0, 0.1) is 0 Å². The highest BCUT2D eigenvalue weighted by atomic mass is 16.3. The lowest BCUT2D eigenvalue weighted by Gasteiger charge is -2.33. The predicted octanol–water partition coefficient (Wildman–Crippen LogP) is 28.4. The smallest absolute Gasteiger partial charge is 0.164 e. The van der Waals surface area contributed by atoms with Crippen LogP contribution in [0.3, 0.4) is 0 Å². The highest BCUT2D eigenvalue weighted by Gasteiger charge is 2.48. The summed E-state index contributed by atoms with van der Waals surface area (Å²) in [4.78, 5) is 31.6. The van der Waals surface area contributed by atoms with Gasteiger partial charge in [0.05, 0.1) is 10.8 Å². The van der Waals surface area contributed by atoms with E-state index in [1.807, 2.05) is 42.5 Å². The standard InChI is InChI=1S/C114H70N6O2/c1-5-25-71(26-6-1)77-31-23-33-82(63-77)110-115-107(74-28-7-2-8-29-74)119-112(120-110)97-43-16-15-39-89(97)81-54-59-94-96-61-57-88(70-106(96)122-104(94)68-81)114(86-37-11-4-12-38-86)101-46-22-19-42-92(101)98-66-79(55-62-102(98)114)73-47-50-75(51-48-73)108-116-109(118-111(117-108)84-52-49-72-27-13-14-30-76(72)64-84)83-34-24-32-78(65-83)80-53-58-93-95-60-56-87(69-105(95)121-103(93)67-80)113(85-35-9-3-10-36-85)99-44-20-17-40-90(99)91-41-18-21-45-100(91)113/h1-70H. The third kappa shape index (κ3) is 11.4. The maximum absolute atomic E-state index is 7.13. The van der Waals surface area contributed by atoms with E-state index in [0.29, 0.717) is 34.9 Å². The van der Waals surface area contributed by atoms with Crippen molar-refractivity contribution in [2.75, 3.05) is 0 Å². The van der Waals surface area contributed by atoms with Gasteiger partial charge in [-0.25, -0.2) is 29.9 Å². The van der Waals surface area contributed by atoms with Gasteiger partial charge in [0.25, 0.3) is 0 Å². The SMILES string of the molecule is c1ccc(-c2cccc(-c3nc(-c4ccccc4)nc(-c4ccccc4-c4ccc5c(c4)oc4cc(C6(c7ccccc7)c7ccccc7-c7cc(-c8ccc(-c9nc(-c%10cccc(-c%11ccc%12c(c%11)oc%11cc(C%13(c%14ccccc%14)c%14ccccc%14-c%14ccccc%14%13)ccc%11%12)c%10)nc(-c%10ccc%11ccccc%11c%10)n9)cc8)ccc76)ccc45)n3)c2)cc1. The van der Waals surface area contributed by atoms with Crippen LogP contribution >= 0.6 is 0 Å². The third-order valence-corrected chi connectivity index (χ3v) is 25.2. The molecule has 568 valence electrons. The molecule has 0 saturated carbocycles. The first-order valence-electron chi connectivity index (χ1n) is 41.4. The van der Waals surface area contributed by atoms with Gasteiger partial charge in [-0.1, -0.05) is 364 Å². The molecule has 0 saturated heterocycles. The van der Waals surface area contributed by atoms with Gasteiger partial charge in [-0.15, -0.1) is 0 Å². The van der Waals surface area contributed by atoms with E-state index < -0.39 is 10.8 Å². The minimum Gasteiger partial charge on any atom is -0.456 e. The summed E-state index contributed by atoms with van der Waals surface area (Å²) in [6.07, 6.45) is 0. The van der Waals surface area contributed by atoms with E-state index in [0.717, 1.165) is 144 Å². The van der Waals surface area contributed by atoms with Crippen LogP contribution in [-0.2, 0) is 10.8 Å². The van der Waals surface area contributed by atoms with E-state index in [-0.39, 0.29) is 0 Å². The van der Waals surface area contributed by atoms with Crippen molar-refractivity contribution in [2.45, 2.75) is 10.8 Å². The average molecular weight is 1560 g/mol. The topological polar surface area (TPSA) is 104 Å². The van der Waals surface area contributed by atoms with E-state index >= 15 is 0 Å². The van der Waals surface area contributed by atoms with Gasteiger partial charge >= 0.3 is 0 Å². The molecule has 1 unspecified atom stereocenters. The molecule has 2 aliphatic carbocycles. The van der Waals surface area contributed by atoms with Gasteiger partial charge in [-0.3, -0.25) is 0 Å². The van der Waals surface area contributed by atoms with Gasteiger partial charge in [-0.05, 0) is 183 Å². The van der Waals surface area contributed by atoms with Crippen molar-refractivity contribution in [3.05, 3.63) is 469 Å². The molecule has 24 rings (SSSR count).